The molecule has 0 saturated heterocycles. The maximum Gasteiger partial charge on any atom is 0.222 e. The van der Waals surface area contributed by atoms with Gasteiger partial charge in [-0.2, -0.15) is 0 Å². The highest BCUT2D eigenvalue weighted by molar-refractivity contribution is 5.76. The average molecular weight is 268 g/mol. The summed E-state index contributed by atoms with van der Waals surface area (Å²) in [7, 11) is 0. The van der Waals surface area contributed by atoms with Crippen LogP contribution in [0, 0.1) is 17.8 Å². The molecule has 0 aliphatic heterocycles. The Bertz CT molecular complexity index is 272. The lowest BCUT2D eigenvalue weighted by molar-refractivity contribution is -0.133. The molecule has 2 N–H and O–H groups in total. The normalized spacial score (nSPS) is 17.0. The van der Waals surface area contributed by atoms with E-state index in [2.05, 4.69) is 32.6 Å². The number of amides is 1. The molecule has 112 valence electrons. The molecular weight excluding hydrogens is 236 g/mol. The van der Waals surface area contributed by atoms with Crippen LogP contribution in [-0.4, -0.2) is 29.9 Å². The number of hydrogen-bond acceptors (Lipinski definition) is 2. The zero-order valence-electron chi connectivity index (χ0n) is 13.2. The molecule has 0 radical (unpaired) electrons. The van der Waals surface area contributed by atoms with Crippen LogP contribution in [0.15, 0.2) is 0 Å². The number of carbonyl (C=O) groups is 1. The van der Waals surface area contributed by atoms with Crippen molar-refractivity contribution in [3.05, 3.63) is 0 Å². The van der Waals surface area contributed by atoms with Crippen LogP contribution < -0.4 is 5.73 Å². The molecule has 0 aromatic carbocycles. The van der Waals surface area contributed by atoms with Crippen LogP contribution in [0.5, 0.6) is 0 Å². The van der Waals surface area contributed by atoms with Crippen molar-refractivity contribution in [2.75, 3.05) is 13.1 Å². The summed E-state index contributed by atoms with van der Waals surface area (Å²) in [6.07, 6.45) is 5.32. The van der Waals surface area contributed by atoms with Crippen molar-refractivity contribution < 1.29 is 4.79 Å². The fourth-order valence-corrected chi connectivity index (χ4v) is 2.66. The van der Waals surface area contributed by atoms with Gasteiger partial charge in [0, 0.05) is 19.0 Å². The predicted molar refractivity (Wildman–Crippen MR) is 80.8 cm³/mol. The predicted octanol–water partition coefficient (Wildman–Crippen LogP) is 3.03. The minimum absolute atomic E-state index is 0.333. The van der Waals surface area contributed by atoms with Crippen LogP contribution in [0.25, 0.3) is 0 Å². The van der Waals surface area contributed by atoms with Gasteiger partial charge in [0.25, 0.3) is 0 Å². The molecule has 0 aromatic heterocycles. The standard InChI is InChI=1S/C16H32N2O/c1-12(2)15(9-10-17)7-8-16(19)18(13(3)4)11-14-5-6-14/h12-15H,5-11,17H2,1-4H3. The second kappa shape index (κ2) is 7.88. The summed E-state index contributed by atoms with van der Waals surface area (Å²) in [6, 6.07) is 0.333. The Morgan fingerprint density at radius 2 is 1.84 bits per heavy atom. The van der Waals surface area contributed by atoms with Crippen molar-refractivity contribution in [2.24, 2.45) is 23.5 Å². The summed E-state index contributed by atoms with van der Waals surface area (Å²) >= 11 is 0. The summed E-state index contributed by atoms with van der Waals surface area (Å²) in [5.74, 6) is 2.32. The number of hydrogen-bond donors (Lipinski definition) is 1. The van der Waals surface area contributed by atoms with Crippen LogP contribution in [0.1, 0.15) is 59.8 Å². The Morgan fingerprint density at radius 1 is 1.21 bits per heavy atom. The molecule has 1 unspecified atom stereocenters. The smallest absolute Gasteiger partial charge is 0.222 e. The molecule has 3 nitrogen and oxygen atoms in total. The summed E-state index contributed by atoms with van der Waals surface area (Å²) < 4.78 is 0. The Hall–Kier alpha value is -0.570. The quantitative estimate of drug-likeness (QED) is 0.698. The highest BCUT2D eigenvalue weighted by Crippen LogP contribution is 2.31. The molecule has 3 heteroatoms. The topological polar surface area (TPSA) is 46.3 Å². The van der Waals surface area contributed by atoms with Crippen LogP contribution in [0.4, 0.5) is 0 Å². The summed E-state index contributed by atoms with van der Waals surface area (Å²) in [5.41, 5.74) is 5.66. The molecule has 0 spiro atoms. The van der Waals surface area contributed by atoms with Gasteiger partial charge in [-0.15, -0.1) is 0 Å². The van der Waals surface area contributed by atoms with Gasteiger partial charge in [-0.1, -0.05) is 13.8 Å². The zero-order chi connectivity index (χ0) is 14.4. The maximum absolute atomic E-state index is 12.4. The van der Waals surface area contributed by atoms with Gasteiger partial charge in [-0.25, -0.2) is 0 Å². The van der Waals surface area contributed by atoms with Gasteiger partial charge in [-0.05, 0) is 63.8 Å². The number of nitrogens with zero attached hydrogens (tertiary/aromatic N) is 1. The average Bonchev–Trinajstić information content (AvgIpc) is 3.14. The molecule has 1 aliphatic carbocycles. The number of rotatable bonds is 9. The molecule has 0 heterocycles. The first-order chi connectivity index (χ1) is 8.95. The second-order valence-electron chi connectivity index (χ2n) is 6.70. The Balaban J connectivity index is 2.41. The van der Waals surface area contributed by atoms with E-state index in [9.17, 15) is 4.79 Å². The monoisotopic (exact) mass is 268 g/mol. The third kappa shape index (κ3) is 5.94. The van der Waals surface area contributed by atoms with Gasteiger partial charge in [0.05, 0.1) is 0 Å². The molecule has 19 heavy (non-hydrogen) atoms. The van der Waals surface area contributed by atoms with Crippen molar-refractivity contribution in [3.8, 4) is 0 Å². The van der Waals surface area contributed by atoms with Crippen LogP contribution in [0.2, 0.25) is 0 Å². The highest BCUT2D eigenvalue weighted by atomic mass is 16.2. The van der Waals surface area contributed by atoms with E-state index in [1.165, 1.54) is 12.8 Å². The molecule has 1 saturated carbocycles. The second-order valence-corrected chi connectivity index (χ2v) is 6.70. The summed E-state index contributed by atoms with van der Waals surface area (Å²) in [4.78, 5) is 14.5. The summed E-state index contributed by atoms with van der Waals surface area (Å²) in [5, 5.41) is 0. The Kier molecular flexibility index (Phi) is 6.84. The first-order valence-corrected chi connectivity index (χ1v) is 7.95. The minimum Gasteiger partial charge on any atom is -0.340 e. The van der Waals surface area contributed by atoms with Gasteiger partial charge < -0.3 is 10.6 Å². The molecule has 1 amide bonds. The van der Waals surface area contributed by atoms with Crippen LogP contribution in [0.3, 0.4) is 0 Å². The van der Waals surface area contributed by atoms with Crippen molar-refractivity contribution in [1.29, 1.82) is 0 Å². The SMILES string of the molecule is CC(C)C(CCN)CCC(=O)N(CC1CC1)C(C)C. The van der Waals surface area contributed by atoms with Crippen LogP contribution in [-0.2, 0) is 4.79 Å². The fraction of sp³-hybridized carbons (Fsp3) is 0.938. The first-order valence-electron chi connectivity index (χ1n) is 7.95. The zero-order valence-corrected chi connectivity index (χ0v) is 13.2. The molecule has 0 bridgehead atoms. The van der Waals surface area contributed by atoms with Gasteiger partial charge in [0.1, 0.15) is 0 Å². The largest absolute Gasteiger partial charge is 0.340 e. The lowest BCUT2D eigenvalue weighted by Crippen LogP contribution is -2.38. The third-order valence-electron chi connectivity index (χ3n) is 4.30. The van der Waals surface area contributed by atoms with Gasteiger partial charge in [-0.3, -0.25) is 4.79 Å². The molecule has 1 fully saturated rings. The highest BCUT2D eigenvalue weighted by Gasteiger charge is 2.28. The lowest BCUT2D eigenvalue weighted by Gasteiger charge is -2.28. The van der Waals surface area contributed by atoms with Gasteiger partial charge in [0.2, 0.25) is 5.91 Å². The van der Waals surface area contributed by atoms with Crippen molar-refractivity contribution in [1.82, 2.24) is 4.90 Å². The maximum atomic E-state index is 12.4. The number of nitrogens with two attached hydrogens (primary N) is 1. The van der Waals surface area contributed by atoms with E-state index in [-0.39, 0.29) is 0 Å². The van der Waals surface area contributed by atoms with Crippen molar-refractivity contribution in [3.63, 3.8) is 0 Å². The molecular formula is C16H32N2O. The van der Waals surface area contributed by atoms with E-state index in [0.29, 0.717) is 30.2 Å². The fourth-order valence-electron chi connectivity index (χ4n) is 2.66. The minimum atomic E-state index is 0.333. The lowest BCUT2D eigenvalue weighted by atomic mass is 9.88. The van der Waals surface area contributed by atoms with Crippen molar-refractivity contribution in [2.45, 2.75) is 65.8 Å². The van der Waals surface area contributed by atoms with E-state index in [0.717, 1.165) is 31.8 Å². The van der Waals surface area contributed by atoms with Crippen LogP contribution >= 0.6 is 0 Å². The first kappa shape index (κ1) is 16.5. The third-order valence-corrected chi connectivity index (χ3v) is 4.30. The van der Waals surface area contributed by atoms with E-state index in [1.54, 1.807) is 0 Å². The van der Waals surface area contributed by atoms with E-state index in [4.69, 9.17) is 5.73 Å². The van der Waals surface area contributed by atoms with E-state index in [1.807, 2.05) is 0 Å². The van der Waals surface area contributed by atoms with Gasteiger partial charge >= 0.3 is 0 Å². The van der Waals surface area contributed by atoms with E-state index >= 15 is 0 Å². The van der Waals surface area contributed by atoms with Gasteiger partial charge in [0.15, 0.2) is 0 Å². The van der Waals surface area contributed by atoms with Crippen molar-refractivity contribution >= 4 is 5.91 Å². The molecule has 0 aromatic rings. The van der Waals surface area contributed by atoms with E-state index < -0.39 is 0 Å². The summed E-state index contributed by atoms with van der Waals surface area (Å²) in [6.45, 7) is 10.4. The Morgan fingerprint density at radius 3 is 2.26 bits per heavy atom. The number of carbonyl (C=O) groups excluding carboxylic acids is 1. The molecule has 1 rings (SSSR count). The molecule has 1 atom stereocenters. The Labute approximate surface area is 118 Å². The molecule has 1 aliphatic rings.